The number of anilines is 2. The minimum atomic E-state index is -0.464. The topological polar surface area (TPSA) is 90.4 Å². The molecule has 5 nitrogen and oxygen atoms in total. The predicted octanol–water partition coefficient (Wildman–Crippen LogP) is 0.945. The summed E-state index contributed by atoms with van der Waals surface area (Å²) in [4.78, 5) is 10.4. The van der Waals surface area contributed by atoms with Crippen molar-refractivity contribution in [1.29, 1.82) is 0 Å². The van der Waals surface area contributed by atoms with Gasteiger partial charge in [0.05, 0.1) is 6.61 Å². The van der Waals surface area contributed by atoms with Crippen LogP contribution in [-0.2, 0) is 9.53 Å². The zero-order valence-electron chi connectivity index (χ0n) is 8.70. The van der Waals surface area contributed by atoms with Gasteiger partial charge in [0.25, 0.3) is 0 Å². The van der Waals surface area contributed by atoms with Crippen molar-refractivity contribution < 1.29 is 9.53 Å². The lowest BCUT2D eigenvalue weighted by Gasteiger charge is -2.08. The lowest BCUT2D eigenvalue weighted by atomic mass is 10.3. The van der Waals surface area contributed by atoms with Gasteiger partial charge in [0, 0.05) is 22.4 Å². The third kappa shape index (κ3) is 4.50. The number of halogens is 1. The Bertz CT molecular complexity index is 371. The number of carbonyl (C=O) groups excluding carboxylic acids is 1. The van der Waals surface area contributed by atoms with Crippen LogP contribution in [0.25, 0.3) is 0 Å². The zero-order chi connectivity index (χ0) is 12.0. The summed E-state index contributed by atoms with van der Waals surface area (Å²) >= 11 is 3.38. The standard InChI is InChI=1S/C10H14BrN3O2/c11-8-5-7(12)1-2-9(8)14-3-4-16-6-10(13)15/h1-2,5,14H,3-4,6,12H2,(H2,13,15). The fourth-order valence-corrected chi connectivity index (χ4v) is 1.64. The highest BCUT2D eigenvalue weighted by Gasteiger charge is 1.99. The molecule has 0 unspecified atom stereocenters. The van der Waals surface area contributed by atoms with Gasteiger partial charge in [0.15, 0.2) is 0 Å². The van der Waals surface area contributed by atoms with Crippen LogP contribution in [0, 0.1) is 0 Å². The molecule has 0 atom stereocenters. The molecule has 0 aliphatic rings. The van der Waals surface area contributed by atoms with E-state index in [0.29, 0.717) is 18.8 Å². The molecule has 88 valence electrons. The molecule has 0 aliphatic carbocycles. The summed E-state index contributed by atoms with van der Waals surface area (Å²) in [5.41, 5.74) is 12.1. The van der Waals surface area contributed by atoms with E-state index in [1.165, 1.54) is 0 Å². The number of benzene rings is 1. The second-order valence-electron chi connectivity index (χ2n) is 3.18. The first-order chi connectivity index (χ1) is 7.59. The van der Waals surface area contributed by atoms with Crippen LogP contribution >= 0.6 is 15.9 Å². The molecule has 0 aromatic heterocycles. The SMILES string of the molecule is NC(=O)COCCNc1ccc(N)cc1Br. The van der Waals surface area contributed by atoms with E-state index >= 15 is 0 Å². The van der Waals surface area contributed by atoms with Gasteiger partial charge in [-0.05, 0) is 34.1 Å². The Morgan fingerprint density at radius 2 is 2.25 bits per heavy atom. The van der Waals surface area contributed by atoms with E-state index in [2.05, 4.69) is 21.2 Å². The number of amides is 1. The van der Waals surface area contributed by atoms with E-state index < -0.39 is 5.91 Å². The Morgan fingerprint density at radius 3 is 2.88 bits per heavy atom. The summed E-state index contributed by atoms with van der Waals surface area (Å²) in [6.07, 6.45) is 0. The first kappa shape index (κ1) is 12.8. The van der Waals surface area contributed by atoms with Gasteiger partial charge in [-0.25, -0.2) is 0 Å². The van der Waals surface area contributed by atoms with Crippen LogP contribution in [0.5, 0.6) is 0 Å². The molecule has 0 saturated heterocycles. The van der Waals surface area contributed by atoms with Crippen molar-refractivity contribution in [3.8, 4) is 0 Å². The van der Waals surface area contributed by atoms with Gasteiger partial charge in [-0.2, -0.15) is 0 Å². The molecule has 1 aromatic carbocycles. The second-order valence-corrected chi connectivity index (χ2v) is 4.04. The van der Waals surface area contributed by atoms with Crippen LogP contribution in [0.3, 0.4) is 0 Å². The molecule has 6 heteroatoms. The maximum Gasteiger partial charge on any atom is 0.243 e. The average molecular weight is 288 g/mol. The van der Waals surface area contributed by atoms with E-state index in [-0.39, 0.29) is 6.61 Å². The van der Waals surface area contributed by atoms with Gasteiger partial charge < -0.3 is 21.5 Å². The van der Waals surface area contributed by atoms with Gasteiger partial charge in [0.2, 0.25) is 5.91 Å². The zero-order valence-corrected chi connectivity index (χ0v) is 10.3. The molecule has 5 N–H and O–H groups in total. The molecule has 0 saturated carbocycles. The molecular weight excluding hydrogens is 274 g/mol. The highest BCUT2D eigenvalue weighted by Crippen LogP contribution is 2.24. The van der Waals surface area contributed by atoms with Crippen LogP contribution < -0.4 is 16.8 Å². The number of nitrogens with two attached hydrogens (primary N) is 2. The molecule has 16 heavy (non-hydrogen) atoms. The lowest BCUT2D eigenvalue weighted by molar-refractivity contribution is -0.122. The van der Waals surface area contributed by atoms with Crippen molar-refractivity contribution in [1.82, 2.24) is 0 Å². The summed E-state index contributed by atoms with van der Waals surface area (Å²) in [5.74, 6) is -0.464. The molecule has 0 bridgehead atoms. The summed E-state index contributed by atoms with van der Waals surface area (Å²) in [7, 11) is 0. The predicted molar refractivity (Wildman–Crippen MR) is 67.1 cm³/mol. The number of nitrogen functional groups attached to an aromatic ring is 1. The van der Waals surface area contributed by atoms with Gasteiger partial charge in [0.1, 0.15) is 6.61 Å². The number of carbonyl (C=O) groups is 1. The van der Waals surface area contributed by atoms with E-state index in [1.807, 2.05) is 12.1 Å². The summed E-state index contributed by atoms with van der Waals surface area (Å²) < 4.78 is 5.89. The van der Waals surface area contributed by atoms with Crippen LogP contribution in [0.2, 0.25) is 0 Å². The minimum absolute atomic E-state index is 0.0510. The van der Waals surface area contributed by atoms with Crippen molar-refractivity contribution >= 4 is 33.2 Å². The maximum absolute atomic E-state index is 10.4. The van der Waals surface area contributed by atoms with Gasteiger partial charge in [-0.3, -0.25) is 4.79 Å². The number of nitrogens with one attached hydrogen (secondary N) is 1. The largest absolute Gasteiger partial charge is 0.399 e. The first-order valence-corrected chi connectivity index (χ1v) is 5.54. The Morgan fingerprint density at radius 1 is 1.50 bits per heavy atom. The molecule has 1 rings (SSSR count). The summed E-state index contributed by atoms with van der Waals surface area (Å²) in [5, 5.41) is 3.13. The van der Waals surface area contributed by atoms with Crippen LogP contribution in [-0.4, -0.2) is 25.7 Å². The lowest BCUT2D eigenvalue weighted by Crippen LogP contribution is -2.20. The smallest absolute Gasteiger partial charge is 0.243 e. The fourth-order valence-electron chi connectivity index (χ4n) is 1.11. The monoisotopic (exact) mass is 287 g/mol. The third-order valence-corrected chi connectivity index (χ3v) is 2.46. The Hall–Kier alpha value is -1.27. The summed E-state index contributed by atoms with van der Waals surface area (Å²) in [6.45, 7) is 0.958. The van der Waals surface area contributed by atoms with Crippen molar-refractivity contribution in [2.75, 3.05) is 30.8 Å². The number of hydrogen-bond donors (Lipinski definition) is 3. The maximum atomic E-state index is 10.4. The van der Waals surface area contributed by atoms with Gasteiger partial charge in [-0.15, -0.1) is 0 Å². The van der Waals surface area contributed by atoms with Crippen LogP contribution in [0.4, 0.5) is 11.4 Å². The number of hydrogen-bond acceptors (Lipinski definition) is 4. The molecule has 0 radical (unpaired) electrons. The van der Waals surface area contributed by atoms with Gasteiger partial charge in [-0.1, -0.05) is 0 Å². The molecule has 0 spiro atoms. The molecule has 1 aromatic rings. The van der Waals surface area contributed by atoms with Crippen LogP contribution in [0.1, 0.15) is 0 Å². The molecule has 0 heterocycles. The van der Waals surface area contributed by atoms with Crippen molar-refractivity contribution in [3.63, 3.8) is 0 Å². The van der Waals surface area contributed by atoms with Gasteiger partial charge >= 0.3 is 0 Å². The van der Waals surface area contributed by atoms with Crippen LogP contribution in [0.15, 0.2) is 22.7 Å². The fraction of sp³-hybridized carbons (Fsp3) is 0.300. The Kier molecular flexibility index (Phi) is 5.07. The third-order valence-electron chi connectivity index (χ3n) is 1.80. The number of primary amides is 1. The van der Waals surface area contributed by atoms with Crippen molar-refractivity contribution in [2.24, 2.45) is 5.73 Å². The minimum Gasteiger partial charge on any atom is -0.399 e. The Labute approximate surface area is 102 Å². The second kappa shape index (κ2) is 6.34. The first-order valence-electron chi connectivity index (χ1n) is 4.74. The van der Waals surface area contributed by atoms with E-state index in [4.69, 9.17) is 16.2 Å². The van der Waals surface area contributed by atoms with Crippen molar-refractivity contribution in [2.45, 2.75) is 0 Å². The Balaban J connectivity index is 2.29. The highest BCUT2D eigenvalue weighted by atomic mass is 79.9. The number of rotatable bonds is 6. The molecule has 0 aliphatic heterocycles. The van der Waals surface area contributed by atoms with E-state index in [1.54, 1.807) is 6.07 Å². The number of ether oxygens (including phenoxy) is 1. The molecule has 0 fully saturated rings. The molecular formula is C10H14BrN3O2. The van der Waals surface area contributed by atoms with E-state index in [9.17, 15) is 4.79 Å². The summed E-state index contributed by atoms with van der Waals surface area (Å²) in [6, 6.07) is 5.48. The highest BCUT2D eigenvalue weighted by molar-refractivity contribution is 9.10. The average Bonchev–Trinajstić information content (AvgIpc) is 2.20. The quantitative estimate of drug-likeness (QED) is 0.537. The van der Waals surface area contributed by atoms with E-state index in [0.717, 1.165) is 10.2 Å². The normalized spacial score (nSPS) is 10.1. The molecule has 1 amide bonds. The van der Waals surface area contributed by atoms with Crippen molar-refractivity contribution in [3.05, 3.63) is 22.7 Å².